The fourth-order valence-electron chi connectivity index (χ4n) is 4.13. The first-order valence-corrected chi connectivity index (χ1v) is 9.23. The van der Waals surface area contributed by atoms with Gasteiger partial charge in [-0.3, -0.25) is 9.89 Å². The molecule has 1 N–H and O–H groups in total. The Balaban J connectivity index is 1.48. The quantitative estimate of drug-likeness (QED) is 0.774. The summed E-state index contributed by atoms with van der Waals surface area (Å²) in [6, 6.07) is 14.3. The summed E-state index contributed by atoms with van der Waals surface area (Å²) in [5.74, 6) is 0.0514. The summed E-state index contributed by atoms with van der Waals surface area (Å²) in [7, 11) is 0. The topological polar surface area (TPSA) is 65.1 Å². The molecular weight excluding hydrogens is 326 g/mol. The molecule has 0 radical (unpaired) electrons. The van der Waals surface area contributed by atoms with E-state index in [-0.39, 0.29) is 5.91 Å². The van der Waals surface area contributed by atoms with E-state index in [0.29, 0.717) is 17.4 Å². The van der Waals surface area contributed by atoms with E-state index in [1.165, 1.54) is 0 Å². The van der Waals surface area contributed by atoms with Crippen molar-refractivity contribution in [1.82, 2.24) is 25.0 Å². The van der Waals surface area contributed by atoms with Gasteiger partial charge in [-0.1, -0.05) is 30.3 Å². The van der Waals surface area contributed by atoms with E-state index in [2.05, 4.69) is 20.1 Å². The molecule has 0 spiro atoms. The molecule has 26 heavy (non-hydrogen) atoms. The lowest BCUT2D eigenvalue weighted by molar-refractivity contribution is 0.0681. The van der Waals surface area contributed by atoms with Crippen molar-refractivity contribution in [1.29, 1.82) is 0 Å². The highest BCUT2D eigenvalue weighted by Gasteiger charge is 2.33. The molecule has 2 aromatic heterocycles. The SMILES string of the molecule is O=C(c1[nH]nc2nc(-c3ccccc3)ccc12)N1CCN2CCC1CC2. The third kappa shape index (κ3) is 2.57. The number of aromatic nitrogens is 3. The molecule has 0 aliphatic carbocycles. The average molecular weight is 347 g/mol. The molecule has 0 saturated carbocycles. The molecule has 1 amide bonds. The number of hydrogen-bond donors (Lipinski definition) is 1. The number of rotatable bonds is 2. The van der Waals surface area contributed by atoms with E-state index in [1.807, 2.05) is 47.4 Å². The Morgan fingerprint density at radius 3 is 2.62 bits per heavy atom. The second-order valence-electron chi connectivity index (χ2n) is 7.10. The number of H-pyrrole nitrogens is 1. The predicted octanol–water partition coefficient (Wildman–Crippen LogP) is 2.55. The highest BCUT2D eigenvalue weighted by molar-refractivity contribution is 6.04. The van der Waals surface area contributed by atoms with Gasteiger partial charge in [0.05, 0.1) is 11.1 Å². The Bertz CT molecular complexity index is 943. The van der Waals surface area contributed by atoms with Gasteiger partial charge in [0, 0.05) is 37.8 Å². The Morgan fingerprint density at radius 1 is 1.00 bits per heavy atom. The summed E-state index contributed by atoms with van der Waals surface area (Å²) in [6.07, 6.45) is 2.13. The number of aromatic amines is 1. The maximum atomic E-state index is 13.2. The van der Waals surface area contributed by atoms with Gasteiger partial charge < -0.3 is 9.80 Å². The average Bonchev–Trinajstić information content (AvgIpc) is 2.88. The number of pyridine rings is 1. The van der Waals surface area contributed by atoms with Gasteiger partial charge in [-0.05, 0) is 25.0 Å². The maximum Gasteiger partial charge on any atom is 0.272 e. The minimum absolute atomic E-state index is 0.0514. The zero-order chi connectivity index (χ0) is 17.5. The van der Waals surface area contributed by atoms with E-state index in [1.54, 1.807) is 0 Å². The van der Waals surface area contributed by atoms with Gasteiger partial charge in [0.1, 0.15) is 5.69 Å². The summed E-state index contributed by atoms with van der Waals surface area (Å²) < 4.78 is 0. The van der Waals surface area contributed by atoms with Crippen LogP contribution in [0.2, 0.25) is 0 Å². The third-order valence-corrected chi connectivity index (χ3v) is 5.62. The Kier molecular flexibility index (Phi) is 3.71. The largest absolute Gasteiger partial charge is 0.333 e. The number of hydrogen-bond acceptors (Lipinski definition) is 4. The van der Waals surface area contributed by atoms with Gasteiger partial charge in [0.15, 0.2) is 5.65 Å². The molecule has 2 bridgehead atoms. The van der Waals surface area contributed by atoms with E-state index < -0.39 is 0 Å². The Labute approximate surface area is 151 Å². The second kappa shape index (κ2) is 6.21. The normalized spacial score (nSPS) is 22.5. The molecule has 132 valence electrons. The van der Waals surface area contributed by atoms with E-state index in [4.69, 9.17) is 0 Å². The van der Waals surface area contributed by atoms with Crippen LogP contribution in [0, 0.1) is 0 Å². The van der Waals surface area contributed by atoms with Crippen molar-refractivity contribution < 1.29 is 4.79 Å². The molecule has 3 aliphatic heterocycles. The van der Waals surface area contributed by atoms with Crippen molar-refractivity contribution in [3.05, 3.63) is 48.2 Å². The summed E-state index contributed by atoms with van der Waals surface area (Å²) >= 11 is 0. The molecule has 3 fully saturated rings. The van der Waals surface area contributed by atoms with E-state index in [9.17, 15) is 4.79 Å². The second-order valence-corrected chi connectivity index (χ2v) is 7.10. The zero-order valence-corrected chi connectivity index (χ0v) is 14.6. The first-order chi connectivity index (χ1) is 12.8. The first kappa shape index (κ1) is 15.5. The zero-order valence-electron chi connectivity index (χ0n) is 14.6. The van der Waals surface area contributed by atoms with Crippen LogP contribution in [-0.2, 0) is 0 Å². The number of carbonyl (C=O) groups is 1. The molecule has 5 heterocycles. The minimum Gasteiger partial charge on any atom is -0.333 e. The smallest absolute Gasteiger partial charge is 0.272 e. The van der Waals surface area contributed by atoms with Crippen LogP contribution in [0.1, 0.15) is 23.3 Å². The van der Waals surface area contributed by atoms with Crippen LogP contribution in [0.25, 0.3) is 22.3 Å². The fourth-order valence-corrected chi connectivity index (χ4v) is 4.13. The van der Waals surface area contributed by atoms with Gasteiger partial charge in [0.25, 0.3) is 5.91 Å². The lowest BCUT2D eigenvalue weighted by Gasteiger charge is -2.31. The molecule has 3 aromatic rings. The molecule has 0 unspecified atom stereocenters. The van der Waals surface area contributed by atoms with Gasteiger partial charge in [-0.15, -0.1) is 0 Å². The summed E-state index contributed by atoms with van der Waals surface area (Å²) in [6.45, 7) is 3.95. The fraction of sp³-hybridized carbons (Fsp3) is 0.350. The highest BCUT2D eigenvalue weighted by Crippen LogP contribution is 2.26. The van der Waals surface area contributed by atoms with Gasteiger partial charge >= 0.3 is 0 Å². The van der Waals surface area contributed by atoms with Crippen LogP contribution in [0.3, 0.4) is 0 Å². The molecule has 3 saturated heterocycles. The third-order valence-electron chi connectivity index (χ3n) is 5.62. The molecule has 0 atom stereocenters. The standard InChI is InChI=1S/C20H21N5O/c26-20(25-13-12-24-10-8-15(25)9-11-24)18-16-6-7-17(21-19(16)23-22-18)14-4-2-1-3-5-14/h1-7,15H,8-13H2,(H,21,22,23). The minimum atomic E-state index is 0.0514. The van der Waals surface area contributed by atoms with Crippen LogP contribution < -0.4 is 0 Å². The van der Waals surface area contributed by atoms with Crippen molar-refractivity contribution >= 4 is 16.9 Å². The van der Waals surface area contributed by atoms with Crippen LogP contribution in [0.4, 0.5) is 0 Å². The molecule has 6 heteroatoms. The predicted molar refractivity (Wildman–Crippen MR) is 99.8 cm³/mol. The van der Waals surface area contributed by atoms with Crippen molar-refractivity contribution in [2.75, 3.05) is 26.2 Å². The van der Waals surface area contributed by atoms with E-state index >= 15 is 0 Å². The summed E-state index contributed by atoms with van der Waals surface area (Å²) in [4.78, 5) is 22.3. The van der Waals surface area contributed by atoms with Crippen molar-refractivity contribution in [2.45, 2.75) is 18.9 Å². The molecule has 6 nitrogen and oxygen atoms in total. The Hall–Kier alpha value is -2.73. The molecule has 3 aliphatic rings. The number of carbonyl (C=O) groups excluding carboxylic acids is 1. The number of nitrogens with one attached hydrogen (secondary N) is 1. The monoisotopic (exact) mass is 347 g/mol. The van der Waals surface area contributed by atoms with Crippen LogP contribution >= 0.6 is 0 Å². The van der Waals surface area contributed by atoms with Crippen molar-refractivity contribution in [3.63, 3.8) is 0 Å². The number of benzene rings is 1. The highest BCUT2D eigenvalue weighted by atomic mass is 16.2. The number of piperidine rings is 1. The number of amides is 1. The van der Waals surface area contributed by atoms with Crippen LogP contribution in [0.5, 0.6) is 0 Å². The molecular formula is C20H21N5O. The van der Waals surface area contributed by atoms with Crippen LogP contribution in [0.15, 0.2) is 42.5 Å². The molecule has 1 aromatic carbocycles. The van der Waals surface area contributed by atoms with Crippen LogP contribution in [-0.4, -0.2) is 63.1 Å². The van der Waals surface area contributed by atoms with Crippen molar-refractivity contribution in [2.24, 2.45) is 0 Å². The number of nitrogens with zero attached hydrogens (tertiary/aromatic N) is 4. The Morgan fingerprint density at radius 2 is 1.81 bits per heavy atom. The first-order valence-electron chi connectivity index (χ1n) is 9.23. The van der Waals surface area contributed by atoms with Gasteiger partial charge in [0.2, 0.25) is 0 Å². The van der Waals surface area contributed by atoms with Gasteiger partial charge in [-0.25, -0.2) is 4.98 Å². The summed E-state index contributed by atoms with van der Waals surface area (Å²) in [5, 5.41) is 8.06. The van der Waals surface area contributed by atoms with Crippen molar-refractivity contribution in [3.8, 4) is 11.3 Å². The van der Waals surface area contributed by atoms with E-state index in [0.717, 1.165) is 55.7 Å². The lowest BCUT2D eigenvalue weighted by atomic mass is 10.0. The maximum absolute atomic E-state index is 13.2. The molecule has 6 rings (SSSR count). The number of fused-ring (bicyclic) bond motifs is 5. The van der Waals surface area contributed by atoms with Gasteiger partial charge in [-0.2, -0.15) is 5.10 Å². The summed E-state index contributed by atoms with van der Waals surface area (Å²) in [5.41, 5.74) is 3.07. The lowest BCUT2D eigenvalue weighted by Crippen LogP contribution is -2.41.